The van der Waals surface area contributed by atoms with Crippen LogP contribution in [-0.2, 0) is 0 Å². The minimum Gasteiger partial charge on any atom is -0.367 e. The number of nitrogens with one attached hydrogen (secondary N) is 1. The molecular formula is C14H17F2N3. The average molecular weight is 265 g/mol. The Morgan fingerprint density at radius 3 is 2.58 bits per heavy atom. The molecule has 0 aromatic heterocycles. The second kappa shape index (κ2) is 5.98. The van der Waals surface area contributed by atoms with Gasteiger partial charge in [-0.25, -0.2) is 8.78 Å². The third kappa shape index (κ3) is 3.02. The molecule has 1 heterocycles. The van der Waals surface area contributed by atoms with Crippen molar-refractivity contribution in [1.82, 2.24) is 5.32 Å². The molecular weight excluding hydrogens is 248 g/mol. The predicted molar refractivity (Wildman–Crippen MR) is 70.0 cm³/mol. The van der Waals surface area contributed by atoms with E-state index < -0.39 is 11.6 Å². The summed E-state index contributed by atoms with van der Waals surface area (Å²) in [7, 11) is 1.71. The van der Waals surface area contributed by atoms with Crippen LogP contribution in [0.25, 0.3) is 0 Å². The first-order valence-corrected chi connectivity index (χ1v) is 6.46. The Morgan fingerprint density at radius 1 is 1.26 bits per heavy atom. The van der Waals surface area contributed by atoms with E-state index in [9.17, 15) is 8.78 Å². The highest BCUT2D eigenvalue weighted by Gasteiger charge is 2.22. The van der Waals surface area contributed by atoms with E-state index in [1.165, 1.54) is 0 Å². The number of benzene rings is 1. The van der Waals surface area contributed by atoms with E-state index in [0.29, 0.717) is 0 Å². The fourth-order valence-electron chi connectivity index (χ4n) is 2.54. The molecule has 1 N–H and O–H groups in total. The van der Waals surface area contributed by atoms with E-state index in [-0.39, 0.29) is 17.3 Å². The highest BCUT2D eigenvalue weighted by molar-refractivity contribution is 5.52. The lowest BCUT2D eigenvalue weighted by Crippen LogP contribution is -2.33. The number of anilines is 1. The van der Waals surface area contributed by atoms with Crippen LogP contribution >= 0.6 is 0 Å². The van der Waals surface area contributed by atoms with Gasteiger partial charge in [-0.05, 0) is 44.5 Å². The number of nitrogens with zero attached hydrogens (tertiary/aromatic N) is 2. The summed E-state index contributed by atoms with van der Waals surface area (Å²) in [6.07, 6.45) is 2.76. The van der Waals surface area contributed by atoms with Crippen LogP contribution in [0.1, 0.15) is 24.8 Å². The number of hydrogen-bond acceptors (Lipinski definition) is 3. The molecule has 1 saturated heterocycles. The number of rotatable bonds is 2. The lowest BCUT2D eigenvalue weighted by Gasteiger charge is -2.29. The molecule has 5 heteroatoms. The van der Waals surface area contributed by atoms with Crippen molar-refractivity contribution in [2.75, 3.05) is 25.0 Å². The fourth-order valence-corrected chi connectivity index (χ4v) is 2.54. The maximum Gasteiger partial charge on any atom is 0.150 e. The SMILES string of the molecule is CN(c1c(F)cc(C#N)cc1F)C1CCCNCC1. The molecule has 19 heavy (non-hydrogen) atoms. The molecule has 0 aliphatic carbocycles. The van der Waals surface area contributed by atoms with Gasteiger partial charge < -0.3 is 10.2 Å². The molecule has 1 unspecified atom stereocenters. The molecule has 0 radical (unpaired) electrons. The number of nitriles is 1. The van der Waals surface area contributed by atoms with Gasteiger partial charge in [-0.15, -0.1) is 0 Å². The van der Waals surface area contributed by atoms with Gasteiger partial charge >= 0.3 is 0 Å². The van der Waals surface area contributed by atoms with E-state index >= 15 is 0 Å². The molecule has 1 aromatic rings. The van der Waals surface area contributed by atoms with Crippen molar-refractivity contribution in [2.24, 2.45) is 0 Å². The molecule has 0 saturated carbocycles. The quantitative estimate of drug-likeness (QED) is 0.892. The normalized spacial score (nSPS) is 19.6. The van der Waals surface area contributed by atoms with Gasteiger partial charge in [0.05, 0.1) is 11.6 Å². The molecule has 1 atom stereocenters. The lowest BCUT2D eigenvalue weighted by molar-refractivity contribution is 0.525. The van der Waals surface area contributed by atoms with E-state index in [1.807, 2.05) is 0 Å². The highest BCUT2D eigenvalue weighted by atomic mass is 19.1. The molecule has 1 aliphatic heterocycles. The van der Waals surface area contributed by atoms with E-state index in [1.54, 1.807) is 18.0 Å². The van der Waals surface area contributed by atoms with Gasteiger partial charge in [-0.1, -0.05) is 0 Å². The van der Waals surface area contributed by atoms with Crippen LogP contribution in [0.2, 0.25) is 0 Å². The van der Waals surface area contributed by atoms with E-state index in [4.69, 9.17) is 5.26 Å². The summed E-state index contributed by atoms with van der Waals surface area (Å²) in [5.74, 6) is -1.34. The lowest BCUT2D eigenvalue weighted by atomic mass is 10.1. The monoisotopic (exact) mass is 265 g/mol. The minimum atomic E-state index is -0.670. The van der Waals surface area contributed by atoms with Crippen molar-refractivity contribution in [3.8, 4) is 6.07 Å². The Hall–Kier alpha value is -1.67. The second-order valence-electron chi connectivity index (χ2n) is 4.85. The summed E-state index contributed by atoms with van der Waals surface area (Å²) in [4.78, 5) is 1.67. The summed E-state index contributed by atoms with van der Waals surface area (Å²) >= 11 is 0. The zero-order valence-electron chi connectivity index (χ0n) is 10.9. The van der Waals surface area contributed by atoms with E-state index in [2.05, 4.69) is 5.32 Å². The first-order valence-electron chi connectivity index (χ1n) is 6.46. The van der Waals surface area contributed by atoms with Gasteiger partial charge in [0.15, 0.2) is 11.6 Å². The number of hydrogen-bond donors (Lipinski definition) is 1. The third-order valence-electron chi connectivity index (χ3n) is 3.59. The molecule has 1 aromatic carbocycles. The van der Waals surface area contributed by atoms with Crippen molar-refractivity contribution in [3.63, 3.8) is 0 Å². The Kier molecular flexibility index (Phi) is 4.33. The van der Waals surface area contributed by atoms with Crippen LogP contribution in [0.15, 0.2) is 12.1 Å². The Labute approximate surface area is 111 Å². The van der Waals surface area contributed by atoms with Crippen LogP contribution < -0.4 is 10.2 Å². The first kappa shape index (κ1) is 13.8. The second-order valence-corrected chi connectivity index (χ2v) is 4.85. The molecule has 1 fully saturated rings. The minimum absolute atomic E-state index is 0.00897. The van der Waals surface area contributed by atoms with Crippen LogP contribution in [0.3, 0.4) is 0 Å². The Morgan fingerprint density at radius 2 is 1.95 bits per heavy atom. The van der Waals surface area contributed by atoms with Gasteiger partial charge in [-0.2, -0.15) is 5.26 Å². The van der Waals surface area contributed by atoms with Crippen molar-refractivity contribution in [3.05, 3.63) is 29.3 Å². The van der Waals surface area contributed by atoms with Gasteiger partial charge in [0.25, 0.3) is 0 Å². The van der Waals surface area contributed by atoms with Crippen molar-refractivity contribution < 1.29 is 8.78 Å². The third-order valence-corrected chi connectivity index (χ3v) is 3.59. The van der Waals surface area contributed by atoms with Gasteiger partial charge in [-0.3, -0.25) is 0 Å². The molecule has 102 valence electrons. The zero-order chi connectivity index (χ0) is 13.8. The van der Waals surface area contributed by atoms with Crippen molar-refractivity contribution >= 4 is 5.69 Å². The zero-order valence-corrected chi connectivity index (χ0v) is 10.9. The predicted octanol–water partition coefficient (Wildman–Crippen LogP) is 2.41. The highest BCUT2D eigenvalue weighted by Crippen LogP contribution is 2.27. The molecule has 0 bridgehead atoms. The molecule has 3 nitrogen and oxygen atoms in total. The summed E-state index contributed by atoms with van der Waals surface area (Å²) in [6, 6.07) is 4.05. The fraction of sp³-hybridized carbons (Fsp3) is 0.500. The summed E-state index contributed by atoms with van der Waals surface area (Å²) in [6.45, 7) is 1.80. The first-order chi connectivity index (χ1) is 9.13. The Balaban J connectivity index is 2.27. The van der Waals surface area contributed by atoms with Crippen LogP contribution in [0.5, 0.6) is 0 Å². The van der Waals surface area contributed by atoms with Crippen molar-refractivity contribution in [1.29, 1.82) is 5.26 Å². The maximum absolute atomic E-state index is 14.0. The standard InChI is InChI=1S/C14H17F2N3/c1-19(11-3-2-5-18-6-4-11)14-12(15)7-10(9-17)8-13(14)16/h7-8,11,18H,2-6H2,1H3. The van der Waals surface area contributed by atoms with Crippen LogP contribution in [-0.4, -0.2) is 26.2 Å². The van der Waals surface area contributed by atoms with Gasteiger partial charge in [0.2, 0.25) is 0 Å². The summed E-state index contributed by atoms with van der Waals surface area (Å²) in [5, 5.41) is 12.0. The Bertz CT molecular complexity index is 465. The molecule has 1 aliphatic rings. The maximum atomic E-state index is 14.0. The summed E-state index contributed by atoms with van der Waals surface area (Å²) in [5.41, 5.74) is -0.0272. The molecule has 0 amide bonds. The van der Waals surface area contributed by atoms with Crippen LogP contribution in [0.4, 0.5) is 14.5 Å². The average Bonchev–Trinajstić information content (AvgIpc) is 2.66. The summed E-state index contributed by atoms with van der Waals surface area (Å²) < 4.78 is 27.9. The van der Waals surface area contributed by atoms with Gasteiger partial charge in [0.1, 0.15) is 5.69 Å². The largest absolute Gasteiger partial charge is 0.367 e. The van der Waals surface area contributed by atoms with E-state index in [0.717, 1.165) is 44.5 Å². The smallest absolute Gasteiger partial charge is 0.150 e. The topological polar surface area (TPSA) is 39.1 Å². The van der Waals surface area contributed by atoms with Crippen molar-refractivity contribution in [2.45, 2.75) is 25.3 Å². The molecule has 2 rings (SSSR count). The van der Waals surface area contributed by atoms with Crippen LogP contribution in [0, 0.1) is 23.0 Å². The number of halogens is 2. The molecule has 0 spiro atoms. The van der Waals surface area contributed by atoms with Gasteiger partial charge in [0, 0.05) is 13.1 Å².